The molecule has 0 radical (unpaired) electrons. The standard InChI is InChI=1S/C13H25N3O/c1-12(2)16-9-8-14(3)10-13(16)4-6-15(11-17)7-5-13/h11-12H,4-10H2,1-3H3. The van der Waals surface area contributed by atoms with Crippen LogP contribution in [0.15, 0.2) is 0 Å². The van der Waals surface area contributed by atoms with Crippen molar-refractivity contribution in [3.05, 3.63) is 0 Å². The van der Waals surface area contributed by atoms with Gasteiger partial charge >= 0.3 is 0 Å². The van der Waals surface area contributed by atoms with Crippen molar-refractivity contribution in [1.29, 1.82) is 0 Å². The Kier molecular flexibility index (Phi) is 3.73. The molecule has 98 valence electrons. The fraction of sp³-hybridized carbons (Fsp3) is 0.923. The maximum absolute atomic E-state index is 10.8. The molecule has 0 aromatic rings. The third kappa shape index (κ3) is 2.47. The first-order valence-corrected chi connectivity index (χ1v) is 6.72. The number of carbonyl (C=O) groups is 1. The Morgan fingerprint density at radius 1 is 1.12 bits per heavy atom. The Labute approximate surface area is 105 Å². The Balaban J connectivity index is 2.11. The number of piperidine rings is 1. The quantitative estimate of drug-likeness (QED) is 0.661. The van der Waals surface area contributed by atoms with Crippen LogP contribution in [0.5, 0.6) is 0 Å². The minimum atomic E-state index is 0.306. The maximum atomic E-state index is 10.8. The van der Waals surface area contributed by atoms with E-state index in [1.165, 1.54) is 0 Å². The Bertz CT molecular complexity index is 272. The summed E-state index contributed by atoms with van der Waals surface area (Å²) < 4.78 is 0. The molecule has 0 N–H and O–H groups in total. The van der Waals surface area contributed by atoms with Gasteiger partial charge in [0.15, 0.2) is 0 Å². The lowest BCUT2D eigenvalue weighted by Crippen LogP contribution is -2.66. The van der Waals surface area contributed by atoms with E-state index in [4.69, 9.17) is 0 Å². The SMILES string of the molecule is CC(C)N1CCN(C)CC12CCN(C=O)CC2. The lowest BCUT2D eigenvalue weighted by molar-refractivity contribution is -0.122. The average Bonchev–Trinajstić information content (AvgIpc) is 2.29. The molecule has 0 aromatic carbocycles. The molecule has 0 saturated carbocycles. The van der Waals surface area contributed by atoms with Gasteiger partial charge in [-0.2, -0.15) is 0 Å². The van der Waals surface area contributed by atoms with Gasteiger partial charge in [0.25, 0.3) is 0 Å². The monoisotopic (exact) mass is 239 g/mol. The van der Waals surface area contributed by atoms with E-state index in [1.807, 2.05) is 4.90 Å². The van der Waals surface area contributed by atoms with Crippen LogP contribution in [0.4, 0.5) is 0 Å². The summed E-state index contributed by atoms with van der Waals surface area (Å²) >= 11 is 0. The van der Waals surface area contributed by atoms with Crippen molar-refractivity contribution in [3.8, 4) is 0 Å². The molecule has 0 unspecified atom stereocenters. The fourth-order valence-corrected chi connectivity index (χ4v) is 3.48. The van der Waals surface area contributed by atoms with E-state index < -0.39 is 0 Å². The van der Waals surface area contributed by atoms with E-state index in [2.05, 4.69) is 30.7 Å². The summed E-state index contributed by atoms with van der Waals surface area (Å²) in [7, 11) is 2.21. The van der Waals surface area contributed by atoms with Gasteiger partial charge in [0, 0.05) is 44.3 Å². The van der Waals surface area contributed by atoms with Crippen LogP contribution in [-0.4, -0.2) is 72.5 Å². The van der Waals surface area contributed by atoms with Gasteiger partial charge in [-0.3, -0.25) is 9.69 Å². The predicted octanol–water partition coefficient (Wildman–Crippen LogP) is 0.633. The summed E-state index contributed by atoms with van der Waals surface area (Å²) in [5.41, 5.74) is 0.306. The van der Waals surface area contributed by atoms with Gasteiger partial charge in [0.2, 0.25) is 6.41 Å². The highest BCUT2D eigenvalue weighted by atomic mass is 16.1. The molecule has 1 spiro atoms. The zero-order valence-corrected chi connectivity index (χ0v) is 11.4. The first kappa shape index (κ1) is 12.8. The van der Waals surface area contributed by atoms with Crippen molar-refractivity contribution in [2.24, 2.45) is 0 Å². The number of hydrogen-bond donors (Lipinski definition) is 0. The summed E-state index contributed by atoms with van der Waals surface area (Å²) in [5.74, 6) is 0. The smallest absolute Gasteiger partial charge is 0.209 e. The molecule has 0 bridgehead atoms. The van der Waals surface area contributed by atoms with Crippen LogP contribution in [0.1, 0.15) is 26.7 Å². The Hall–Kier alpha value is -0.610. The maximum Gasteiger partial charge on any atom is 0.209 e. The Morgan fingerprint density at radius 2 is 1.76 bits per heavy atom. The second kappa shape index (κ2) is 4.94. The molecule has 2 heterocycles. The van der Waals surface area contributed by atoms with Crippen LogP contribution in [0.25, 0.3) is 0 Å². The third-order valence-electron chi connectivity index (χ3n) is 4.40. The number of rotatable bonds is 2. The summed E-state index contributed by atoms with van der Waals surface area (Å²) in [6.45, 7) is 9.89. The van der Waals surface area contributed by atoms with E-state index in [-0.39, 0.29) is 0 Å². The molecule has 2 aliphatic heterocycles. The van der Waals surface area contributed by atoms with Crippen molar-refractivity contribution in [2.75, 3.05) is 39.8 Å². The molecule has 2 fully saturated rings. The molecule has 2 aliphatic rings. The highest BCUT2D eigenvalue weighted by Crippen LogP contribution is 2.33. The molecule has 0 aliphatic carbocycles. The number of likely N-dealkylation sites (tertiary alicyclic amines) is 1. The summed E-state index contributed by atoms with van der Waals surface area (Å²) in [6, 6.07) is 0.603. The van der Waals surface area contributed by atoms with Gasteiger partial charge in [-0.15, -0.1) is 0 Å². The third-order valence-corrected chi connectivity index (χ3v) is 4.40. The molecule has 0 aromatic heterocycles. The van der Waals surface area contributed by atoms with Gasteiger partial charge in [-0.25, -0.2) is 0 Å². The van der Waals surface area contributed by atoms with Gasteiger partial charge in [-0.1, -0.05) is 0 Å². The number of hydrogen-bond acceptors (Lipinski definition) is 3. The minimum Gasteiger partial charge on any atom is -0.345 e. The topological polar surface area (TPSA) is 26.8 Å². The summed E-state index contributed by atoms with van der Waals surface area (Å²) in [4.78, 5) is 17.8. The number of piperazine rings is 1. The van der Waals surface area contributed by atoms with Crippen molar-refractivity contribution in [1.82, 2.24) is 14.7 Å². The number of carbonyl (C=O) groups excluding carboxylic acids is 1. The van der Waals surface area contributed by atoms with E-state index in [0.29, 0.717) is 11.6 Å². The molecule has 2 rings (SSSR count). The average molecular weight is 239 g/mol. The van der Waals surface area contributed by atoms with Gasteiger partial charge in [-0.05, 0) is 33.7 Å². The molecule has 4 heteroatoms. The van der Waals surface area contributed by atoms with Crippen molar-refractivity contribution >= 4 is 6.41 Å². The molecule has 4 nitrogen and oxygen atoms in total. The number of amides is 1. The molecule has 2 saturated heterocycles. The van der Waals surface area contributed by atoms with Crippen molar-refractivity contribution in [2.45, 2.75) is 38.3 Å². The van der Waals surface area contributed by atoms with Gasteiger partial charge in [0.1, 0.15) is 0 Å². The second-order valence-electron chi connectivity index (χ2n) is 5.89. The first-order valence-electron chi connectivity index (χ1n) is 6.72. The van der Waals surface area contributed by atoms with E-state index in [1.54, 1.807) is 0 Å². The molecule has 17 heavy (non-hydrogen) atoms. The molecule has 0 atom stereocenters. The largest absolute Gasteiger partial charge is 0.345 e. The number of likely N-dealkylation sites (N-methyl/N-ethyl adjacent to an activating group) is 1. The lowest BCUT2D eigenvalue weighted by atomic mass is 9.82. The van der Waals surface area contributed by atoms with Crippen LogP contribution in [0.2, 0.25) is 0 Å². The normalized spacial score (nSPS) is 26.7. The fourth-order valence-electron chi connectivity index (χ4n) is 3.48. The second-order valence-corrected chi connectivity index (χ2v) is 5.89. The van der Waals surface area contributed by atoms with Crippen molar-refractivity contribution < 1.29 is 4.79 Å². The van der Waals surface area contributed by atoms with Crippen LogP contribution in [0, 0.1) is 0 Å². The van der Waals surface area contributed by atoms with Crippen molar-refractivity contribution in [3.63, 3.8) is 0 Å². The lowest BCUT2D eigenvalue weighted by Gasteiger charge is -2.55. The molecule has 1 amide bonds. The van der Waals surface area contributed by atoms with E-state index in [9.17, 15) is 4.79 Å². The molecular weight excluding hydrogens is 214 g/mol. The highest BCUT2D eigenvalue weighted by molar-refractivity contribution is 5.47. The predicted molar refractivity (Wildman–Crippen MR) is 68.9 cm³/mol. The zero-order chi connectivity index (χ0) is 12.5. The molecular formula is C13H25N3O. The Morgan fingerprint density at radius 3 is 2.29 bits per heavy atom. The van der Waals surface area contributed by atoms with E-state index in [0.717, 1.165) is 52.0 Å². The summed E-state index contributed by atoms with van der Waals surface area (Å²) in [6.07, 6.45) is 3.24. The first-order chi connectivity index (χ1) is 8.07. The van der Waals surface area contributed by atoms with Crippen LogP contribution >= 0.6 is 0 Å². The van der Waals surface area contributed by atoms with Gasteiger partial charge < -0.3 is 9.80 Å². The van der Waals surface area contributed by atoms with Crippen LogP contribution < -0.4 is 0 Å². The summed E-state index contributed by atoms with van der Waals surface area (Å²) in [5, 5.41) is 0. The number of nitrogens with zero attached hydrogens (tertiary/aromatic N) is 3. The van der Waals surface area contributed by atoms with Crippen LogP contribution in [-0.2, 0) is 4.79 Å². The van der Waals surface area contributed by atoms with Crippen LogP contribution in [0.3, 0.4) is 0 Å². The van der Waals surface area contributed by atoms with Gasteiger partial charge in [0.05, 0.1) is 0 Å². The highest BCUT2D eigenvalue weighted by Gasteiger charge is 2.43. The zero-order valence-electron chi connectivity index (χ0n) is 11.4. The van der Waals surface area contributed by atoms with E-state index >= 15 is 0 Å². The minimum absolute atomic E-state index is 0.306.